The third kappa shape index (κ3) is 3.16. The second-order valence-electron chi connectivity index (χ2n) is 8.22. The fraction of sp³-hybridized carbons (Fsp3) is 0.304. The second kappa shape index (κ2) is 7.52. The summed E-state index contributed by atoms with van der Waals surface area (Å²) >= 11 is 0. The Hall–Kier alpha value is -3.59. The molecule has 1 aliphatic heterocycles. The molecule has 1 aromatic carbocycles. The van der Waals surface area contributed by atoms with Gasteiger partial charge in [-0.15, -0.1) is 0 Å². The van der Waals surface area contributed by atoms with Crippen LogP contribution >= 0.6 is 0 Å². The summed E-state index contributed by atoms with van der Waals surface area (Å²) in [4.78, 5) is 37.1. The van der Waals surface area contributed by atoms with Crippen molar-refractivity contribution in [3.05, 3.63) is 69.7 Å². The molecule has 32 heavy (non-hydrogen) atoms. The maximum Gasteiger partial charge on any atom is 0.269 e. The van der Waals surface area contributed by atoms with Crippen LogP contribution < -0.4 is 10.9 Å². The lowest BCUT2D eigenvalue weighted by atomic mass is 9.96. The molecule has 5 rings (SSSR count). The molecule has 8 nitrogen and oxygen atoms in total. The van der Waals surface area contributed by atoms with Gasteiger partial charge < -0.3 is 14.9 Å². The average Bonchev–Trinajstić information content (AvgIpc) is 3.20. The van der Waals surface area contributed by atoms with Crippen LogP contribution in [0.2, 0.25) is 0 Å². The van der Waals surface area contributed by atoms with Gasteiger partial charge in [-0.05, 0) is 38.1 Å². The van der Waals surface area contributed by atoms with E-state index < -0.39 is 5.82 Å². The number of pyridine rings is 1. The normalized spacial score (nSPS) is 18.8. The minimum absolute atomic E-state index is 0.150. The lowest BCUT2D eigenvalue weighted by Crippen LogP contribution is -2.54. The third-order valence-electron chi connectivity index (χ3n) is 6.37. The number of likely N-dealkylation sites (tertiary alicyclic amines) is 1. The smallest absolute Gasteiger partial charge is 0.269 e. The first-order valence-electron chi connectivity index (χ1n) is 10.5. The fourth-order valence-corrected chi connectivity index (χ4v) is 4.37. The standard InChI is InChI=1S/C23H23FN6O2/c1-12-22(31)28-21-16(26-12)5-4-14(20(21)24)10-29-11-19(13(29)2)30-9-8-15-18(30)7-6-17(27-15)23(32)25-3/h4-9,13,19H,10-11H2,1-3H3,(H,25,32)(H,28,31)/t13-,19+/m1/s1. The van der Waals surface area contributed by atoms with Crippen LogP contribution in [0.4, 0.5) is 4.39 Å². The highest BCUT2D eigenvalue weighted by Crippen LogP contribution is 2.34. The Bertz CT molecular complexity index is 1430. The minimum Gasteiger partial charge on any atom is -0.354 e. The van der Waals surface area contributed by atoms with Gasteiger partial charge in [-0.2, -0.15) is 0 Å². The van der Waals surface area contributed by atoms with Gasteiger partial charge in [0.05, 0.1) is 22.6 Å². The topological polar surface area (TPSA) is 95.9 Å². The van der Waals surface area contributed by atoms with Crippen LogP contribution in [-0.4, -0.2) is 50.0 Å². The molecule has 1 aliphatic rings. The summed E-state index contributed by atoms with van der Waals surface area (Å²) in [6.07, 6.45) is 1.99. The third-order valence-corrected chi connectivity index (χ3v) is 6.37. The lowest BCUT2D eigenvalue weighted by molar-refractivity contribution is 0.0291. The van der Waals surface area contributed by atoms with Crippen molar-refractivity contribution in [3.8, 4) is 0 Å². The van der Waals surface area contributed by atoms with E-state index in [1.54, 1.807) is 32.2 Å². The number of aromatic amines is 1. The van der Waals surface area contributed by atoms with Crippen LogP contribution in [0.1, 0.15) is 34.7 Å². The van der Waals surface area contributed by atoms with E-state index >= 15 is 4.39 Å². The number of carbonyl (C=O) groups excluding carboxylic acids is 1. The predicted molar refractivity (Wildman–Crippen MR) is 119 cm³/mol. The number of halogens is 1. The monoisotopic (exact) mass is 434 g/mol. The Balaban J connectivity index is 1.37. The van der Waals surface area contributed by atoms with E-state index in [-0.39, 0.29) is 29.1 Å². The zero-order valence-electron chi connectivity index (χ0n) is 18.0. The summed E-state index contributed by atoms with van der Waals surface area (Å²) < 4.78 is 17.2. The molecule has 9 heteroatoms. The number of benzene rings is 1. The number of carbonyl (C=O) groups is 1. The van der Waals surface area contributed by atoms with Gasteiger partial charge >= 0.3 is 0 Å². The van der Waals surface area contributed by atoms with E-state index in [1.807, 2.05) is 18.3 Å². The van der Waals surface area contributed by atoms with Crippen molar-refractivity contribution in [2.75, 3.05) is 13.6 Å². The summed E-state index contributed by atoms with van der Waals surface area (Å²) in [5.41, 5.74) is 3.18. The minimum atomic E-state index is -0.430. The Morgan fingerprint density at radius 2 is 2.03 bits per heavy atom. The van der Waals surface area contributed by atoms with Crippen LogP contribution in [0, 0.1) is 12.7 Å². The van der Waals surface area contributed by atoms with Gasteiger partial charge in [-0.3, -0.25) is 14.5 Å². The molecule has 4 aromatic rings. The van der Waals surface area contributed by atoms with Crippen LogP contribution in [0.15, 0.2) is 41.3 Å². The number of aromatic nitrogens is 4. The molecule has 0 radical (unpaired) electrons. The lowest BCUT2D eigenvalue weighted by Gasteiger charge is -2.47. The number of nitrogens with zero attached hydrogens (tertiary/aromatic N) is 4. The van der Waals surface area contributed by atoms with Crippen molar-refractivity contribution in [2.45, 2.75) is 32.5 Å². The van der Waals surface area contributed by atoms with E-state index in [0.29, 0.717) is 29.0 Å². The molecule has 1 fully saturated rings. The van der Waals surface area contributed by atoms with Gasteiger partial charge in [0, 0.05) is 37.9 Å². The van der Waals surface area contributed by atoms with Crippen molar-refractivity contribution in [3.63, 3.8) is 0 Å². The van der Waals surface area contributed by atoms with Gasteiger partial charge in [0.25, 0.3) is 11.5 Å². The van der Waals surface area contributed by atoms with Crippen LogP contribution in [-0.2, 0) is 6.54 Å². The number of fused-ring (bicyclic) bond motifs is 2. The molecule has 2 atom stereocenters. The summed E-state index contributed by atoms with van der Waals surface area (Å²) in [7, 11) is 1.58. The number of H-pyrrole nitrogens is 1. The maximum atomic E-state index is 15.1. The Morgan fingerprint density at radius 1 is 1.22 bits per heavy atom. The highest BCUT2D eigenvalue weighted by Gasteiger charge is 2.37. The zero-order valence-corrected chi connectivity index (χ0v) is 18.0. The number of hydrogen-bond acceptors (Lipinski definition) is 5. The molecule has 4 heterocycles. The molecule has 1 saturated heterocycles. The van der Waals surface area contributed by atoms with E-state index in [4.69, 9.17) is 0 Å². The Labute approximate surface area is 183 Å². The fourth-order valence-electron chi connectivity index (χ4n) is 4.37. The van der Waals surface area contributed by atoms with Gasteiger partial charge in [0.15, 0.2) is 5.82 Å². The molecule has 3 aromatic heterocycles. The summed E-state index contributed by atoms with van der Waals surface area (Å²) in [6, 6.07) is 9.41. The summed E-state index contributed by atoms with van der Waals surface area (Å²) in [5.74, 6) is -0.646. The van der Waals surface area contributed by atoms with Crippen molar-refractivity contribution in [1.82, 2.24) is 29.7 Å². The zero-order chi connectivity index (χ0) is 22.6. The first-order valence-corrected chi connectivity index (χ1v) is 10.5. The first kappa shape index (κ1) is 20.3. The molecule has 0 unspecified atom stereocenters. The first-order chi connectivity index (χ1) is 15.4. The van der Waals surface area contributed by atoms with Crippen LogP contribution in [0.5, 0.6) is 0 Å². The summed E-state index contributed by atoms with van der Waals surface area (Å²) in [5, 5.41) is 2.59. The Morgan fingerprint density at radius 3 is 2.78 bits per heavy atom. The van der Waals surface area contributed by atoms with Crippen LogP contribution in [0.25, 0.3) is 22.1 Å². The SMILES string of the molecule is CNC(=O)c1ccc2c(ccn2[C@H]2CN(Cc3ccc4nc(C)c(=O)[nH]c4c3F)[C@@H]2C)n1. The van der Waals surface area contributed by atoms with Gasteiger partial charge in [-0.1, -0.05) is 6.07 Å². The van der Waals surface area contributed by atoms with E-state index in [9.17, 15) is 9.59 Å². The van der Waals surface area contributed by atoms with Crippen molar-refractivity contribution in [2.24, 2.45) is 0 Å². The number of aryl methyl sites for hydroxylation is 1. The van der Waals surface area contributed by atoms with E-state index in [0.717, 1.165) is 17.6 Å². The van der Waals surface area contributed by atoms with E-state index in [1.165, 1.54) is 0 Å². The molecule has 0 aliphatic carbocycles. The van der Waals surface area contributed by atoms with Gasteiger partial charge in [-0.25, -0.2) is 14.4 Å². The number of hydrogen-bond donors (Lipinski definition) is 2. The van der Waals surface area contributed by atoms with Gasteiger partial charge in [0.2, 0.25) is 0 Å². The van der Waals surface area contributed by atoms with Crippen molar-refractivity contribution >= 4 is 28.0 Å². The highest BCUT2D eigenvalue weighted by molar-refractivity contribution is 5.94. The van der Waals surface area contributed by atoms with Crippen molar-refractivity contribution < 1.29 is 9.18 Å². The molecule has 2 N–H and O–H groups in total. The largest absolute Gasteiger partial charge is 0.354 e. The maximum absolute atomic E-state index is 15.1. The van der Waals surface area contributed by atoms with Crippen molar-refractivity contribution in [1.29, 1.82) is 0 Å². The second-order valence-corrected chi connectivity index (χ2v) is 8.22. The molecule has 1 amide bonds. The quantitative estimate of drug-likeness (QED) is 0.515. The van der Waals surface area contributed by atoms with Crippen LogP contribution in [0.3, 0.4) is 0 Å². The molecule has 164 valence electrons. The highest BCUT2D eigenvalue weighted by atomic mass is 19.1. The van der Waals surface area contributed by atoms with E-state index in [2.05, 4.69) is 36.7 Å². The molecule has 0 spiro atoms. The number of nitrogens with one attached hydrogen (secondary N) is 2. The molecule has 0 saturated carbocycles. The van der Waals surface area contributed by atoms with Gasteiger partial charge in [0.1, 0.15) is 16.9 Å². The number of rotatable bonds is 4. The molecular weight excluding hydrogens is 411 g/mol. The molecular formula is C23H23FN6O2. The predicted octanol–water partition coefficient (Wildman–Crippen LogP) is 2.53. The number of amides is 1. The Kier molecular flexibility index (Phi) is 4.78. The average molecular weight is 434 g/mol. The molecule has 0 bridgehead atoms. The summed E-state index contributed by atoms with van der Waals surface area (Å²) in [6.45, 7) is 4.90.